The van der Waals surface area contributed by atoms with E-state index in [4.69, 9.17) is 0 Å². The molecule has 0 bridgehead atoms. The highest BCUT2D eigenvalue weighted by Gasteiger charge is 2.11. The minimum atomic E-state index is -0.317. The van der Waals surface area contributed by atoms with Gasteiger partial charge in [0.15, 0.2) is 11.5 Å². The van der Waals surface area contributed by atoms with Gasteiger partial charge in [-0.05, 0) is 60.5 Å². The summed E-state index contributed by atoms with van der Waals surface area (Å²) in [5.41, 5.74) is 3.28. The van der Waals surface area contributed by atoms with E-state index in [1.807, 2.05) is 24.3 Å². The van der Waals surface area contributed by atoms with Crippen molar-refractivity contribution in [3.05, 3.63) is 72.0 Å². The maximum Gasteiger partial charge on any atom is 0.234 e. The number of amides is 1. The third-order valence-corrected chi connectivity index (χ3v) is 5.26. The summed E-state index contributed by atoms with van der Waals surface area (Å²) in [7, 11) is 0. The van der Waals surface area contributed by atoms with Crippen molar-refractivity contribution < 1.29 is 9.18 Å². The van der Waals surface area contributed by atoms with Crippen LogP contribution in [0.15, 0.2) is 65.7 Å². The number of aryl methyl sites for hydroxylation is 1. The molecule has 2 heterocycles. The summed E-state index contributed by atoms with van der Waals surface area (Å²) in [6.45, 7) is 2.09. The van der Waals surface area contributed by atoms with Crippen LogP contribution >= 0.6 is 11.8 Å². The first kappa shape index (κ1) is 19.1. The number of carbonyl (C=O) groups is 1. The molecule has 0 fully saturated rings. The molecule has 0 spiro atoms. The standard InChI is InChI=1S/C21H18FN5OS/c1-2-14-3-9-17(10-4-14)23-19(28)13-29-20-12-11-18-24-25-21(27(18)26-20)15-5-7-16(22)8-6-15/h3-12H,2,13H2,1H3,(H,23,28). The third-order valence-electron chi connectivity index (χ3n) is 4.34. The molecule has 1 amide bonds. The predicted molar refractivity (Wildman–Crippen MR) is 111 cm³/mol. The lowest BCUT2D eigenvalue weighted by Crippen LogP contribution is -2.14. The van der Waals surface area contributed by atoms with Crippen LogP contribution in [0, 0.1) is 5.82 Å². The van der Waals surface area contributed by atoms with Crippen LogP contribution in [0.4, 0.5) is 10.1 Å². The van der Waals surface area contributed by atoms with E-state index in [0.29, 0.717) is 22.1 Å². The number of benzene rings is 2. The van der Waals surface area contributed by atoms with Crippen molar-refractivity contribution in [2.75, 3.05) is 11.1 Å². The lowest BCUT2D eigenvalue weighted by atomic mass is 10.1. The summed E-state index contributed by atoms with van der Waals surface area (Å²) in [6, 6.07) is 17.4. The zero-order chi connectivity index (χ0) is 20.2. The van der Waals surface area contributed by atoms with Crippen LogP contribution in [-0.2, 0) is 11.2 Å². The molecule has 0 unspecified atom stereocenters. The van der Waals surface area contributed by atoms with E-state index in [1.165, 1.54) is 29.5 Å². The molecule has 0 saturated heterocycles. The number of thioether (sulfide) groups is 1. The van der Waals surface area contributed by atoms with E-state index in [9.17, 15) is 9.18 Å². The minimum absolute atomic E-state index is 0.108. The molecule has 29 heavy (non-hydrogen) atoms. The van der Waals surface area contributed by atoms with E-state index < -0.39 is 0 Å². The molecule has 1 N–H and O–H groups in total. The summed E-state index contributed by atoms with van der Waals surface area (Å²) in [5, 5.41) is 16.3. The SMILES string of the molecule is CCc1ccc(NC(=O)CSc2ccc3nnc(-c4ccc(F)cc4)n3n2)cc1. The number of nitrogens with one attached hydrogen (secondary N) is 1. The van der Waals surface area contributed by atoms with Gasteiger partial charge in [0, 0.05) is 11.3 Å². The van der Waals surface area contributed by atoms with Crippen LogP contribution in [0.3, 0.4) is 0 Å². The second kappa shape index (κ2) is 8.40. The molecule has 4 rings (SSSR count). The summed E-state index contributed by atoms with van der Waals surface area (Å²) in [4.78, 5) is 12.2. The lowest BCUT2D eigenvalue weighted by Gasteiger charge is -2.06. The molecular weight excluding hydrogens is 389 g/mol. The molecule has 0 aliphatic rings. The fourth-order valence-corrected chi connectivity index (χ4v) is 3.44. The first-order valence-corrected chi connectivity index (χ1v) is 10.1. The fourth-order valence-electron chi connectivity index (χ4n) is 2.79. The first-order chi connectivity index (χ1) is 14.1. The van der Waals surface area contributed by atoms with E-state index in [1.54, 1.807) is 28.8 Å². The number of hydrogen-bond donors (Lipinski definition) is 1. The molecule has 0 atom stereocenters. The van der Waals surface area contributed by atoms with Crippen LogP contribution in [0.2, 0.25) is 0 Å². The van der Waals surface area contributed by atoms with Crippen LogP contribution in [0.5, 0.6) is 0 Å². The van der Waals surface area contributed by atoms with E-state index in [2.05, 4.69) is 27.5 Å². The Morgan fingerprint density at radius 3 is 2.52 bits per heavy atom. The van der Waals surface area contributed by atoms with Crippen LogP contribution < -0.4 is 5.32 Å². The van der Waals surface area contributed by atoms with Crippen molar-refractivity contribution in [3.8, 4) is 11.4 Å². The molecule has 2 aromatic carbocycles. The predicted octanol–water partition coefficient (Wildman–Crippen LogP) is 4.22. The van der Waals surface area contributed by atoms with Gasteiger partial charge in [0.25, 0.3) is 0 Å². The van der Waals surface area contributed by atoms with Gasteiger partial charge in [0.05, 0.1) is 5.75 Å². The maximum atomic E-state index is 13.2. The highest BCUT2D eigenvalue weighted by atomic mass is 32.2. The second-order valence-electron chi connectivity index (χ2n) is 6.36. The summed E-state index contributed by atoms with van der Waals surface area (Å²) in [6.07, 6.45) is 0.960. The van der Waals surface area contributed by atoms with Crippen molar-refractivity contribution in [2.45, 2.75) is 18.4 Å². The van der Waals surface area contributed by atoms with Gasteiger partial charge < -0.3 is 5.32 Å². The van der Waals surface area contributed by atoms with Crippen LogP contribution in [0.25, 0.3) is 17.0 Å². The minimum Gasteiger partial charge on any atom is -0.325 e. The number of aromatic nitrogens is 4. The summed E-state index contributed by atoms with van der Waals surface area (Å²) < 4.78 is 14.8. The molecule has 0 aliphatic heterocycles. The third kappa shape index (κ3) is 4.43. The topological polar surface area (TPSA) is 72.2 Å². The summed E-state index contributed by atoms with van der Waals surface area (Å²) in [5.74, 6) is 0.316. The quantitative estimate of drug-likeness (QED) is 0.485. The van der Waals surface area contributed by atoms with Crippen molar-refractivity contribution in [2.24, 2.45) is 0 Å². The Morgan fingerprint density at radius 1 is 1.03 bits per heavy atom. The van der Waals surface area contributed by atoms with Crippen molar-refractivity contribution >= 4 is 29.0 Å². The molecule has 2 aromatic heterocycles. The molecule has 146 valence electrons. The Balaban J connectivity index is 1.45. The number of anilines is 1. The number of fused-ring (bicyclic) bond motifs is 1. The van der Waals surface area contributed by atoms with Gasteiger partial charge in [-0.1, -0.05) is 30.8 Å². The average molecular weight is 407 g/mol. The Morgan fingerprint density at radius 2 is 1.79 bits per heavy atom. The van der Waals surface area contributed by atoms with Crippen molar-refractivity contribution in [1.29, 1.82) is 0 Å². The molecule has 0 aliphatic carbocycles. The molecule has 4 aromatic rings. The van der Waals surface area contributed by atoms with Crippen molar-refractivity contribution in [3.63, 3.8) is 0 Å². The smallest absolute Gasteiger partial charge is 0.234 e. The van der Waals surface area contributed by atoms with Gasteiger partial charge in [-0.3, -0.25) is 4.79 Å². The van der Waals surface area contributed by atoms with E-state index in [0.717, 1.165) is 12.1 Å². The summed E-state index contributed by atoms with van der Waals surface area (Å²) >= 11 is 1.32. The van der Waals surface area contributed by atoms with E-state index >= 15 is 0 Å². The normalized spacial score (nSPS) is 11.0. The van der Waals surface area contributed by atoms with Gasteiger partial charge in [-0.25, -0.2) is 4.39 Å². The van der Waals surface area contributed by atoms with Gasteiger partial charge in [-0.2, -0.15) is 9.61 Å². The number of hydrogen-bond acceptors (Lipinski definition) is 5. The molecular formula is C21H18FN5OS. The molecule has 8 heteroatoms. The second-order valence-corrected chi connectivity index (χ2v) is 7.36. The largest absolute Gasteiger partial charge is 0.325 e. The molecule has 6 nitrogen and oxygen atoms in total. The van der Waals surface area contributed by atoms with Gasteiger partial charge in [-0.15, -0.1) is 10.2 Å². The van der Waals surface area contributed by atoms with Gasteiger partial charge in [0.2, 0.25) is 5.91 Å². The Hall–Kier alpha value is -3.26. The average Bonchev–Trinajstić information content (AvgIpc) is 3.17. The Bertz CT molecular complexity index is 1140. The molecule has 0 radical (unpaired) electrons. The zero-order valence-corrected chi connectivity index (χ0v) is 16.5. The Kier molecular flexibility index (Phi) is 5.53. The van der Waals surface area contributed by atoms with Crippen LogP contribution in [0.1, 0.15) is 12.5 Å². The van der Waals surface area contributed by atoms with Gasteiger partial charge >= 0.3 is 0 Å². The first-order valence-electron chi connectivity index (χ1n) is 9.12. The van der Waals surface area contributed by atoms with E-state index in [-0.39, 0.29) is 17.5 Å². The van der Waals surface area contributed by atoms with Crippen molar-refractivity contribution in [1.82, 2.24) is 19.8 Å². The monoisotopic (exact) mass is 407 g/mol. The number of halogens is 1. The highest BCUT2D eigenvalue weighted by molar-refractivity contribution is 7.99. The fraction of sp³-hybridized carbons (Fsp3) is 0.143. The number of rotatable bonds is 6. The molecule has 0 saturated carbocycles. The number of nitrogens with zero attached hydrogens (tertiary/aromatic N) is 4. The lowest BCUT2D eigenvalue weighted by molar-refractivity contribution is -0.113. The highest BCUT2D eigenvalue weighted by Crippen LogP contribution is 2.21. The van der Waals surface area contributed by atoms with Gasteiger partial charge in [0.1, 0.15) is 10.8 Å². The number of carbonyl (C=O) groups excluding carboxylic acids is 1. The maximum absolute atomic E-state index is 13.2. The Labute approximate surface area is 171 Å². The van der Waals surface area contributed by atoms with Crippen LogP contribution in [-0.4, -0.2) is 31.5 Å². The zero-order valence-electron chi connectivity index (χ0n) is 15.7.